The average molecular weight is 178 g/mol. The molecule has 1 aromatic rings. The lowest BCUT2D eigenvalue weighted by atomic mass is 10.1. The zero-order valence-corrected chi connectivity index (χ0v) is 7.47. The number of halogens is 1. The van der Waals surface area contributed by atoms with Crippen LogP contribution in [0, 0.1) is 12.7 Å². The van der Waals surface area contributed by atoms with Gasteiger partial charge in [0.2, 0.25) is 0 Å². The molecule has 68 valence electrons. The molecule has 0 aromatic heterocycles. The van der Waals surface area contributed by atoms with E-state index >= 15 is 0 Å². The van der Waals surface area contributed by atoms with E-state index in [0.717, 1.165) is 30.1 Å². The Kier molecular flexibility index (Phi) is 2.00. The van der Waals surface area contributed by atoms with Crippen molar-refractivity contribution >= 4 is 5.84 Å². The van der Waals surface area contributed by atoms with E-state index in [9.17, 15) is 4.39 Å². The first-order chi connectivity index (χ1) is 6.27. The summed E-state index contributed by atoms with van der Waals surface area (Å²) in [6.07, 6.45) is 0. The van der Waals surface area contributed by atoms with Crippen LogP contribution in [0.5, 0.6) is 0 Å². The molecule has 1 aliphatic heterocycles. The van der Waals surface area contributed by atoms with Gasteiger partial charge in [0.1, 0.15) is 11.7 Å². The Morgan fingerprint density at radius 2 is 2.31 bits per heavy atom. The standard InChI is InChI=1S/C10H11FN2/c1-7-6-8(11)2-3-9(7)10-12-4-5-13-10/h2-3,6H,4-5H2,1H3,(H,12,13). The van der Waals surface area contributed by atoms with Crippen LogP contribution < -0.4 is 5.32 Å². The Balaban J connectivity index is 2.40. The number of aliphatic imine (C=N–C) groups is 1. The van der Waals surface area contributed by atoms with Crippen LogP contribution in [0.4, 0.5) is 4.39 Å². The number of aryl methyl sites for hydroxylation is 1. The van der Waals surface area contributed by atoms with Gasteiger partial charge in [0.05, 0.1) is 6.54 Å². The van der Waals surface area contributed by atoms with Gasteiger partial charge in [-0.25, -0.2) is 4.39 Å². The highest BCUT2D eigenvalue weighted by atomic mass is 19.1. The van der Waals surface area contributed by atoms with Gasteiger partial charge in [-0.1, -0.05) is 0 Å². The average Bonchev–Trinajstić information content (AvgIpc) is 2.56. The predicted molar refractivity (Wildman–Crippen MR) is 50.5 cm³/mol. The monoisotopic (exact) mass is 178 g/mol. The molecule has 0 aliphatic carbocycles. The summed E-state index contributed by atoms with van der Waals surface area (Å²) in [4.78, 5) is 4.28. The van der Waals surface area contributed by atoms with Gasteiger partial charge in [0.25, 0.3) is 0 Å². The molecule has 0 bridgehead atoms. The fourth-order valence-corrected chi connectivity index (χ4v) is 1.47. The van der Waals surface area contributed by atoms with Crippen molar-refractivity contribution in [3.8, 4) is 0 Å². The lowest BCUT2D eigenvalue weighted by molar-refractivity contribution is 0.626. The smallest absolute Gasteiger partial charge is 0.128 e. The van der Waals surface area contributed by atoms with Crippen LogP contribution in [0.25, 0.3) is 0 Å². The van der Waals surface area contributed by atoms with E-state index in [1.165, 1.54) is 12.1 Å². The van der Waals surface area contributed by atoms with E-state index in [0.29, 0.717) is 0 Å². The number of benzene rings is 1. The van der Waals surface area contributed by atoms with Crippen LogP contribution in [-0.2, 0) is 0 Å². The molecule has 0 amide bonds. The van der Waals surface area contributed by atoms with E-state index in [1.807, 2.05) is 6.92 Å². The molecule has 13 heavy (non-hydrogen) atoms. The normalized spacial score (nSPS) is 15.4. The maximum absolute atomic E-state index is 12.8. The molecule has 0 radical (unpaired) electrons. The lowest BCUT2D eigenvalue weighted by Crippen LogP contribution is -2.20. The molecule has 2 nitrogen and oxygen atoms in total. The Morgan fingerprint density at radius 3 is 2.92 bits per heavy atom. The quantitative estimate of drug-likeness (QED) is 0.692. The van der Waals surface area contributed by atoms with E-state index in [4.69, 9.17) is 0 Å². The minimum Gasteiger partial charge on any atom is -0.368 e. The van der Waals surface area contributed by atoms with E-state index < -0.39 is 0 Å². The van der Waals surface area contributed by atoms with E-state index in [2.05, 4.69) is 10.3 Å². The number of nitrogens with one attached hydrogen (secondary N) is 1. The molecule has 1 heterocycles. The van der Waals surface area contributed by atoms with E-state index in [-0.39, 0.29) is 5.82 Å². The second-order valence-corrected chi connectivity index (χ2v) is 3.12. The molecule has 1 N–H and O–H groups in total. The minimum atomic E-state index is -0.195. The van der Waals surface area contributed by atoms with Crippen LogP contribution in [0.1, 0.15) is 11.1 Å². The van der Waals surface area contributed by atoms with Crippen molar-refractivity contribution in [1.82, 2.24) is 5.32 Å². The second-order valence-electron chi connectivity index (χ2n) is 3.12. The summed E-state index contributed by atoms with van der Waals surface area (Å²) in [5, 5.41) is 3.16. The Labute approximate surface area is 76.5 Å². The third-order valence-corrected chi connectivity index (χ3v) is 2.12. The first-order valence-electron chi connectivity index (χ1n) is 4.32. The second kappa shape index (κ2) is 3.17. The first kappa shape index (κ1) is 8.23. The molecule has 0 saturated carbocycles. The van der Waals surface area contributed by atoms with Crippen LogP contribution in [0.2, 0.25) is 0 Å². The molecule has 3 heteroatoms. The summed E-state index contributed by atoms with van der Waals surface area (Å²) in [6.45, 7) is 3.58. The van der Waals surface area contributed by atoms with Crippen molar-refractivity contribution in [1.29, 1.82) is 0 Å². The molecule has 0 spiro atoms. The molecule has 0 atom stereocenters. The van der Waals surface area contributed by atoms with Crippen molar-refractivity contribution < 1.29 is 4.39 Å². The lowest BCUT2D eigenvalue weighted by Gasteiger charge is -2.05. The highest BCUT2D eigenvalue weighted by molar-refractivity contribution is 6.00. The van der Waals surface area contributed by atoms with Crippen molar-refractivity contribution in [3.63, 3.8) is 0 Å². The van der Waals surface area contributed by atoms with Gasteiger partial charge in [0.15, 0.2) is 0 Å². The fraction of sp³-hybridized carbons (Fsp3) is 0.300. The minimum absolute atomic E-state index is 0.195. The highest BCUT2D eigenvalue weighted by Crippen LogP contribution is 2.11. The Morgan fingerprint density at radius 1 is 1.46 bits per heavy atom. The largest absolute Gasteiger partial charge is 0.368 e. The molecule has 1 aliphatic rings. The van der Waals surface area contributed by atoms with Gasteiger partial charge in [0, 0.05) is 12.1 Å². The van der Waals surface area contributed by atoms with Crippen LogP contribution in [-0.4, -0.2) is 18.9 Å². The fourth-order valence-electron chi connectivity index (χ4n) is 1.47. The van der Waals surface area contributed by atoms with Gasteiger partial charge in [-0.2, -0.15) is 0 Å². The Hall–Kier alpha value is -1.38. The van der Waals surface area contributed by atoms with Gasteiger partial charge in [-0.05, 0) is 30.7 Å². The van der Waals surface area contributed by atoms with Gasteiger partial charge < -0.3 is 5.32 Å². The van der Waals surface area contributed by atoms with E-state index in [1.54, 1.807) is 6.07 Å². The Bertz CT molecular complexity index is 358. The van der Waals surface area contributed by atoms with Crippen molar-refractivity contribution in [2.45, 2.75) is 6.92 Å². The highest BCUT2D eigenvalue weighted by Gasteiger charge is 2.10. The summed E-state index contributed by atoms with van der Waals surface area (Å²) < 4.78 is 12.8. The maximum atomic E-state index is 12.8. The number of hydrogen-bond acceptors (Lipinski definition) is 2. The summed E-state index contributed by atoms with van der Waals surface area (Å²) in [5.41, 5.74) is 1.92. The molecule has 0 fully saturated rings. The summed E-state index contributed by atoms with van der Waals surface area (Å²) in [5.74, 6) is 0.692. The number of nitrogens with zero attached hydrogens (tertiary/aromatic N) is 1. The van der Waals surface area contributed by atoms with Crippen molar-refractivity contribution in [3.05, 3.63) is 35.1 Å². The summed E-state index contributed by atoms with van der Waals surface area (Å²) >= 11 is 0. The van der Waals surface area contributed by atoms with Crippen LogP contribution in [0.3, 0.4) is 0 Å². The molecular formula is C10H11FN2. The zero-order chi connectivity index (χ0) is 9.26. The number of amidine groups is 1. The first-order valence-corrected chi connectivity index (χ1v) is 4.32. The van der Waals surface area contributed by atoms with Gasteiger partial charge >= 0.3 is 0 Å². The van der Waals surface area contributed by atoms with Gasteiger partial charge in [-0.15, -0.1) is 0 Å². The topological polar surface area (TPSA) is 24.4 Å². The van der Waals surface area contributed by atoms with Crippen LogP contribution in [0.15, 0.2) is 23.2 Å². The summed E-state index contributed by atoms with van der Waals surface area (Å²) in [7, 11) is 0. The number of rotatable bonds is 1. The number of hydrogen-bond donors (Lipinski definition) is 1. The molecular weight excluding hydrogens is 167 g/mol. The van der Waals surface area contributed by atoms with Crippen LogP contribution >= 0.6 is 0 Å². The third kappa shape index (κ3) is 1.54. The molecule has 0 unspecified atom stereocenters. The molecule has 0 saturated heterocycles. The maximum Gasteiger partial charge on any atom is 0.128 e. The molecule has 2 rings (SSSR count). The van der Waals surface area contributed by atoms with Crippen molar-refractivity contribution in [2.24, 2.45) is 4.99 Å². The van der Waals surface area contributed by atoms with Crippen molar-refractivity contribution in [2.75, 3.05) is 13.1 Å². The molecule has 1 aromatic carbocycles. The van der Waals surface area contributed by atoms with Gasteiger partial charge in [-0.3, -0.25) is 4.99 Å². The third-order valence-electron chi connectivity index (χ3n) is 2.12. The zero-order valence-electron chi connectivity index (χ0n) is 7.47. The summed E-state index contributed by atoms with van der Waals surface area (Å²) in [6, 6.07) is 4.75. The predicted octanol–water partition coefficient (Wildman–Crippen LogP) is 1.48. The SMILES string of the molecule is Cc1cc(F)ccc1C1=NCCN1.